The third-order valence-corrected chi connectivity index (χ3v) is 3.59. The lowest BCUT2D eigenvalue weighted by molar-refractivity contribution is -0.384. The molecule has 2 aromatic rings. The molecule has 0 bridgehead atoms. The van der Waals surface area contributed by atoms with E-state index in [1.807, 2.05) is 19.2 Å². The van der Waals surface area contributed by atoms with E-state index < -0.39 is 0 Å². The summed E-state index contributed by atoms with van der Waals surface area (Å²) in [6.45, 7) is 5.16. The average Bonchev–Trinajstić information content (AvgIpc) is 2.48. The van der Waals surface area contributed by atoms with Crippen LogP contribution in [0.1, 0.15) is 25.0 Å². The molecule has 0 atom stereocenters. The summed E-state index contributed by atoms with van der Waals surface area (Å²) in [5.74, 6) is 0.656. The largest absolute Gasteiger partial charge is 0.370 e. The number of nitrogens with zero attached hydrogens (tertiary/aromatic N) is 2. The van der Waals surface area contributed by atoms with E-state index in [0.29, 0.717) is 5.92 Å². The highest BCUT2D eigenvalue weighted by Gasteiger charge is 2.07. The van der Waals surface area contributed by atoms with Crippen LogP contribution >= 0.6 is 0 Å². The van der Waals surface area contributed by atoms with Crippen molar-refractivity contribution in [3.8, 4) is 0 Å². The topological polar surface area (TPSA) is 46.4 Å². The number of hydrogen-bond donors (Lipinski definition) is 0. The molecule has 4 nitrogen and oxygen atoms in total. The Morgan fingerprint density at radius 1 is 1.00 bits per heavy atom. The zero-order valence-corrected chi connectivity index (χ0v) is 13.3. The monoisotopic (exact) mass is 298 g/mol. The molecule has 2 rings (SSSR count). The Hall–Kier alpha value is -2.36. The number of non-ortho nitro benzene ring substituents is 1. The minimum atomic E-state index is -0.374. The first-order chi connectivity index (χ1) is 10.5. The van der Waals surface area contributed by atoms with Crippen molar-refractivity contribution in [3.05, 3.63) is 69.8 Å². The first-order valence-electron chi connectivity index (χ1n) is 7.49. The third kappa shape index (κ3) is 4.32. The highest BCUT2D eigenvalue weighted by Crippen LogP contribution is 2.19. The molecule has 0 aliphatic carbocycles. The van der Waals surface area contributed by atoms with E-state index in [9.17, 15) is 10.1 Å². The highest BCUT2D eigenvalue weighted by atomic mass is 16.6. The zero-order chi connectivity index (χ0) is 16.1. The normalized spacial score (nSPS) is 10.7. The minimum absolute atomic E-state index is 0.129. The summed E-state index contributed by atoms with van der Waals surface area (Å²) in [6, 6.07) is 15.3. The Morgan fingerprint density at radius 3 is 2.05 bits per heavy atom. The van der Waals surface area contributed by atoms with E-state index in [-0.39, 0.29) is 10.6 Å². The fourth-order valence-electron chi connectivity index (χ4n) is 2.45. The van der Waals surface area contributed by atoms with Gasteiger partial charge in [0.25, 0.3) is 5.69 Å². The van der Waals surface area contributed by atoms with Crippen molar-refractivity contribution in [1.29, 1.82) is 0 Å². The number of rotatable bonds is 6. The van der Waals surface area contributed by atoms with Gasteiger partial charge < -0.3 is 4.90 Å². The van der Waals surface area contributed by atoms with Crippen LogP contribution in [0.25, 0.3) is 0 Å². The zero-order valence-electron chi connectivity index (χ0n) is 13.3. The van der Waals surface area contributed by atoms with Crippen LogP contribution < -0.4 is 4.90 Å². The van der Waals surface area contributed by atoms with Crippen LogP contribution in [0.15, 0.2) is 48.5 Å². The van der Waals surface area contributed by atoms with Gasteiger partial charge in [0.1, 0.15) is 0 Å². The molecule has 0 aliphatic heterocycles. The lowest BCUT2D eigenvalue weighted by Crippen LogP contribution is -2.16. The lowest BCUT2D eigenvalue weighted by atomic mass is 10.0. The molecule has 0 radical (unpaired) electrons. The van der Waals surface area contributed by atoms with Crippen LogP contribution in [0.4, 0.5) is 11.4 Å². The van der Waals surface area contributed by atoms with Crippen LogP contribution in [0.2, 0.25) is 0 Å². The average molecular weight is 298 g/mol. The summed E-state index contributed by atoms with van der Waals surface area (Å²) >= 11 is 0. The molecule has 0 N–H and O–H groups in total. The van der Waals surface area contributed by atoms with Gasteiger partial charge in [-0.1, -0.05) is 38.1 Å². The van der Waals surface area contributed by atoms with Crippen LogP contribution in [0, 0.1) is 16.0 Å². The van der Waals surface area contributed by atoms with Crippen molar-refractivity contribution in [2.24, 2.45) is 5.92 Å². The molecule has 0 amide bonds. The van der Waals surface area contributed by atoms with Gasteiger partial charge in [-0.15, -0.1) is 0 Å². The molecule has 0 aliphatic rings. The van der Waals surface area contributed by atoms with Crippen molar-refractivity contribution >= 4 is 11.4 Å². The van der Waals surface area contributed by atoms with E-state index >= 15 is 0 Å². The molecule has 0 spiro atoms. The summed E-state index contributed by atoms with van der Waals surface area (Å²) in [4.78, 5) is 12.4. The van der Waals surface area contributed by atoms with Crippen LogP contribution in [-0.4, -0.2) is 12.0 Å². The molecule has 0 fully saturated rings. The van der Waals surface area contributed by atoms with Crippen molar-refractivity contribution in [2.45, 2.75) is 26.8 Å². The lowest BCUT2D eigenvalue weighted by Gasteiger charge is -2.20. The Kier molecular flexibility index (Phi) is 5.15. The van der Waals surface area contributed by atoms with Gasteiger partial charge in [-0.3, -0.25) is 10.1 Å². The summed E-state index contributed by atoms with van der Waals surface area (Å²) in [5, 5.41) is 10.7. The maximum atomic E-state index is 10.7. The van der Waals surface area contributed by atoms with Crippen molar-refractivity contribution in [1.82, 2.24) is 0 Å². The molecule has 0 unspecified atom stereocenters. The molecule has 0 aromatic heterocycles. The maximum absolute atomic E-state index is 10.7. The standard InChI is InChI=1S/C18H22N2O2/c1-14(2)12-15-4-8-17(9-5-15)19(3)13-16-6-10-18(11-7-16)20(21)22/h4-11,14H,12-13H2,1-3H3. The first-order valence-corrected chi connectivity index (χ1v) is 7.49. The van der Waals surface area contributed by atoms with E-state index in [0.717, 1.165) is 24.2 Å². The Bertz CT molecular complexity index is 619. The fraction of sp³-hybridized carbons (Fsp3) is 0.333. The van der Waals surface area contributed by atoms with Crippen molar-refractivity contribution < 1.29 is 4.92 Å². The summed E-state index contributed by atoms with van der Waals surface area (Å²) in [5.41, 5.74) is 3.68. The van der Waals surface area contributed by atoms with Crippen molar-refractivity contribution in [3.63, 3.8) is 0 Å². The number of anilines is 1. The van der Waals surface area contributed by atoms with Gasteiger partial charge in [0.15, 0.2) is 0 Å². The molecule has 0 saturated carbocycles. The summed E-state index contributed by atoms with van der Waals surface area (Å²) in [7, 11) is 2.03. The predicted octanol–water partition coefficient (Wildman–Crippen LogP) is 4.43. The molecule has 22 heavy (non-hydrogen) atoms. The Balaban J connectivity index is 2.02. The van der Waals surface area contributed by atoms with Crippen LogP contribution in [0.3, 0.4) is 0 Å². The van der Waals surface area contributed by atoms with Gasteiger partial charge >= 0.3 is 0 Å². The van der Waals surface area contributed by atoms with Gasteiger partial charge in [-0.2, -0.15) is 0 Å². The second-order valence-corrected chi connectivity index (χ2v) is 6.04. The maximum Gasteiger partial charge on any atom is 0.269 e. The van der Waals surface area contributed by atoms with Crippen LogP contribution in [-0.2, 0) is 13.0 Å². The summed E-state index contributed by atoms with van der Waals surface area (Å²) < 4.78 is 0. The molecule has 116 valence electrons. The summed E-state index contributed by atoms with van der Waals surface area (Å²) in [6.07, 6.45) is 1.09. The van der Waals surface area contributed by atoms with E-state index in [2.05, 4.69) is 43.0 Å². The minimum Gasteiger partial charge on any atom is -0.370 e. The second kappa shape index (κ2) is 7.07. The van der Waals surface area contributed by atoms with Gasteiger partial charge in [-0.25, -0.2) is 0 Å². The van der Waals surface area contributed by atoms with Gasteiger partial charge in [-0.05, 0) is 35.6 Å². The molecular weight excluding hydrogens is 276 g/mol. The molecule has 4 heteroatoms. The van der Waals surface area contributed by atoms with Crippen LogP contribution in [0.5, 0.6) is 0 Å². The van der Waals surface area contributed by atoms with Crippen molar-refractivity contribution in [2.75, 3.05) is 11.9 Å². The van der Waals surface area contributed by atoms with E-state index in [1.165, 1.54) is 5.56 Å². The highest BCUT2D eigenvalue weighted by molar-refractivity contribution is 5.48. The Morgan fingerprint density at radius 2 is 1.55 bits per heavy atom. The molecule has 2 aromatic carbocycles. The first kappa shape index (κ1) is 16.0. The fourth-order valence-corrected chi connectivity index (χ4v) is 2.45. The number of benzene rings is 2. The van der Waals surface area contributed by atoms with Gasteiger partial charge in [0, 0.05) is 31.4 Å². The number of nitro groups is 1. The number of nitro benzene ring substituents is 1. The van der Waals surface area contributed by atoms with E-state index in [4.69, 9.17) is 0 Å². The number of hydrogen-bond acceptors (Lipinski definition) is 3. The molecule has 0 heterocycles. The SMILES string of the molecule is CC(C)Cc1ccc(N(C)Cc2ccc([N+](=O)[O-])cc2)cc1. The predicted molar refractivity (Wildman–Crippen MR) is 90.2 cm³/mol. The molecule has 0 saturated heterocycles. The molecular formula is C18H22N2O2. The Labute approximate surface area is 131 Å². The smallest absolute Gasteiger partial charge is 0.269 e. The second-order valence-electron chi connectivity index (χ2n) is 6.04. The quantitative estimate of drug-likeness (QED) is 0.585. The van der Waals surface area contributed by atoms with Gasteiger partial charge in [0.05, 0.1) is 4.92 Å². The third-order valence-electron chi connectivity index (χ3n) is 3.59. The van der Waals surface area contributed by atoms with E-state index in [1.54, 1.807) is 12.1 Å². The van der Waals surface area contributed by atoms with Gasteiger partial charge in [0.2, 0.25) is 0 Å².